The summed E-state index contributed by atoms with van der Waals surface area (Å²) in [5, 5.41) is 0. The fourth-order valence-electron chi connectivity index (χ4n) is 4.77. The van der Waals surface area contributed by atoms with E-state index in [4.69, 9.17) is 4.74 Å². The van der Waals surface area contributed by atoms with Crippen LogP contribution in [0.3, 0.4) is 0 Å². The predicted octanol–water partition coefficient (Wildman–Crippen LogP) is 4.33. The molecule has 1 heteroatoms. The molecule has 2 fully saturated rings. The molecule has 1 saturated heterocycles. The summed E-state index contributed by atoms with van der Waals surface area (Å²) in [4.78, 5) is 0. The zero-order valence-corrected chi connectivity index (χ0v) is 12.0. The van der Waals surface area contributed by atoms with Gasteiger partial charge < -0.3 is 4.74 Å². The lowest BCUT2D eigenvalue weighted by Crippen LogP contribution is -2.41. The number of hydrogen-bond donors (Lipinski definition) is 0. The predicted molar refractivity (Wildman–Crippen MR) is 70.9 cm³/mol. The molecule has 3 rings (SSSR count). The van der Waals surface area contributed by atoms with Gasteiger partial charge in [0.05, 0.1) is 11.7 Å². The van der Waals surface area contributed by atoms with Crippen molar-refractivity contribution in [2.75, 3.05) is 0 Å². The topological polar surface area (TPSA) is 9.23 Å². The first-order valence-corrected chi connectivity index (χ1v) is 7.15. The van der Waals surface area contributed by atoms with E-state index in [0.717, 1.165) is 0 Å². The Bertz CT molecular complexity index is 377. The highest BCUT2D eigenvalue weighted by Crippen LogP contribution is 2.62. The molecule has 0 aromatic heterocycles. The Labute approximate surface area is 106 Å². The quantitative estimate of drug-likeness (QED) is 0.567. The molecule has 0 amide bonds. The smallest absolute Gasteiger partial charge is 0.0736 e. The fourth-order valence-corrected chi connectivity index (χ4v) is 4.77. The van der Waals surface area contributed by atoms with Crippen LogP contribution in [-0.2, 0) is 4.74 Å². The third-order valence-electron chi connectivity index (χ3n) is 5.41. The normalized spacial score (nSPS) is 46.3. The largest absolute Gasteiger partial charge is 0.371 e. The molecule has 1 aliphatic heterocycles. The summed E-state index contributed by atoms with van der Waals surface area (Å²) < 4.78 is 6.39. The first-order chi connectivity index (χ1) is 7.75. The summed E-state index contributed by atoms with van der Waals surface area (Å²) >= 11 is 0. The Hall–Kier alpha value is -0.300. The molecule has 1 heterocycles. The van der Waals surface area contributed by atoms with E-state index >= 15 is 0 Å². The Morgan fingerprint density at radius 2 is 1.82 bits per heavy atom. The van der Waals surface area contributed by atoms with Gasteiger partial charge in [0.25, 0.3) is 0 Å². The van der Waals surface area contributed by atoms with Gasteiger partial charge in [-0.1, -0.05) is 38.8 Å². The number of rotatable bonds is 0. The van der Waals surface area contributed by atoms with Crippen molar-refractivity contribution < 1.29 is 4.74 Å². The zero-order chi connectivity index (χ0) is 12.5. The van der Waals surface area contributed by atoms with Crippen molar-refractivity contribution in [2.24, 2.45) is 16.7 Å². The van der Waals surface area contributed by atoms with E-state index in [0.29, 0.717) is 22.9 Å². The van der Waals surface area contributed by atoms with Gasteiger partial charge in [-0.05, 0) is 38.5 Å². The van der Waals surface area contributed by atoms with Gasteiger partial charge in [-0.2, -0.15) is 0 Å². The maximum absolute atomic E-state index is 6.39. The van der Waals surface area contributed by atoms with Gasteiger partial charge in [0.2, 0.25) is 0 Å². The Balaban J connectivity index is 2.00. The van der Waals surface area contributed by atoms with Crippen LogP contribution in [-0.4, -0.2) is 11.7 Å². The monoisotopic (exact) mass is 234 g/mol. The van der Waals surface area contributed by atoms with Gasteiger partial charge in [0.15, 0.2) is 0 Å². The molecule has 0 N–H and O–H groups in total. The maximum atomic E-state index is 6.39. The molecule has 1 nitrogen and oxygen atoms in total. The van der Waals surface area contributed by atoms with Gasteiger partial charge in [0, 0.05) is 11.3 Å². The second kappa shape index (κ2) is 3.17. The average molecular weight is 234 g/mol. The van der Waals surface area contributed by atoms with E-state index < -0.39 is 0 Å². The molecule has 17 heavy (non-hydrogen) atoms. The molecule has 0 radical (unpaired) electrons. The van der Waals surface area contributed by atoms with Crippen LogP contribution in [0.15, 0.2) is 11.6 Å². The van der Waals surface area contributed by atoms with Crippen molar-refractivity contribution in [2.45, 2.75) is 72.0 Å². The van der Waals surface area contributed by atoms with Crippen molar-refractivity contribution in [3.8, 4) is 0 Å². The molecule has 3 aliphatic rings. The Morgan fingerprint density at radius 1 is 1.12 bits per heavy atom. The van der Waals surface area contributed by atoms with E-state index in [1.807, 2.05) is 0 Å². The number of hydrogen-bond acceptors (Lipinski definition) is 1. The molecular weight excluding hydrogens is 208 g/mol. The standard InChI is InChI=1S/C16H26O/c1-14(2)7-6-8-16(5)12(14)9-11-10-15(3,4)17-13(11)16/h9,11,13H,6-8,10H2,1-5H3/t11?,13-,16-/m1/s1. The lowest BCUT2D eigenvalue weighted by Gasteiger charge is -2.46. The molecule has 0 spiro atoms. The minimum Gasteiger partial charge on any atom is -0.371 e. The van der Waals surface area contributed by atoms with Crippen molar-refractivity contribution in [1.82, 2.24) is 0 Å². The van der Waals surface area contributed by atoms with Crippen LogP contribution in [0.25, 0.3) is 0 Å². The third-order valence-corrected chi connectivity index (χ3v) is 5.41. The summed E-state index contributed by atoms with van der Waals surface area (Å²) in [5.74, 6) is 0.669. The minimum atomic E-state index is 0.0853. The Morgan fingerprint density at radius 3 is 2.53 bits per heavy atom. The van der Waals surface area contributed by atoms with Gasteiger partial charge in [-0.25, -0.2) is 0 Å². The molecule has 0 aromatic carbocycles. The van der Waals surface area contributed by atoms with Gasteiger partial charge in [-0.3, -0.25) is 0 Å². The first kappa shape index (κ1) is 11.8. The molecule has 0 aromatic rings. The molecule has 96 valence electrons. The van der Waals surface area contributed by atoms with Gasteiger partial charge >= 0.3 is 0 Å². The lowest BCUT2D eigenvalue weighted by atomic mass is 9.61. The maximum Gasteiger partial charge on any atom is 0.0736 e. The highest BCUT2D eigenvalue weighted by molar-refractivity contribution is 5.34. The van der Waals surface area contributed by atoms with Crippen molar-refractivity contribution in [1.29, 1.82) is 0 Å². The average Bonchev–Trinajstić information content (AvgIpc) is 2.59. The summed E-state index contributed by atoms with van der Waals surface area (Å²) in [7, 11) is 0. The molecule has 1 saturated carbocycles. The van der Waals surface area contributed by atoms with Crippen molar-refractivity contribution in [3.05, 3.63) is 11.6 Å². The van der Waals surface area contributed by atoms with Crippen LogP contribution >= 0.6 is 0 Å². The second-order valence-electron chi connectivity index (χ2n) is 7.90. The first-order valence-electron chi connectivity index (χ1n) is 7.15. The van der Waals surface area contributed by atoms with Crippen molar-refractivity contribution in [3.63, 3.8) is 0 Å². The van der Waals surface area contributed by atoms with Crippen LogP contribution in [0.1, 0.15) is 60.3 Å². The highest BCUT2D eigenvalue weighted by atomic mass is 16.5. The van der Waals surface area contributed by atoms with Crippen molar-refractivity contribution >= 4 is 0 Å². The van der Waals surface area contributed by atoms with E-state index in [1.165, 1.54) is 25.7 Å². The summed E-state index contributed by atoms with van der Waals surface area (Å²) in [5.41, 5.74) is 2.49. The molecule has 0 bridgehead atoms. The van der Waals surface area contributed by atoms with Crippen LogP contribution in [0.2, 0.25) is 0 Å². The zero-order valence-electron chi connectivity index (χ0n) is 12.0. The second-order valence-corrected chi connectivity index (χ2v) is 7.90. The molecular formula is C16H26O. The SMILES string of the molecule is CC1(C)CC2C=C3C(C)(C)CCC[C@@]3(C)[C@@H]2O1. The lowest BCUT2D eigenvalue weighted by molar-refractivity contribution is -0.0721. The summed E-state index contributed by atoms with van der Waals surface area (Å²) in [6.45, 7) is 11.8. The van der Waals surface area contributed by atoms with Crippen LogP contribution in [0.4, 0.5) is 0 Å². The Kier molecular flexibility index (Phi) is 2.20. The molecule has 2 aliphatic carbocycles. The molecule has 1 unspecified atom stereocenters. The summed E-state index contributed by atoms with van der Waals surface area (Å²) in [6, 6.07) is 0. The third kappa shape index (κ3) is 1.54. The van der Waals surface area contributed by atoms with Gasteiger partial charge in [-0.15, -0.1) is 0 Å². The highest BCUT2D eigenvalue weighted by Gasteiger charge is 2.57. The summed E-state index contributed by atoms with van der Waals surface area (Å²) in [6.07, 6.45) is 8.25. The van der Waals surface area contributed by atoms with E-state index in [-0.39, 0.29) is 5.60 Å². The van der Waals surface area contributed by atoms with E-state index in [9.17, 15) is 0 Å². The number of ether oxygens (including phenoxy) is 1. The van der Waals surface area contributed by atoms with Crippen LogP contribution in [0, 0.1) is 16.7 Å². The fraction of sp³-hybridized carbons (Fsp3) is 0.875. The van der Waals surface area contributed by atoms with E-state index in [2.05, 4.69) is 40.7 Å². The van der Waals surface area contributed by atoms with Crippen LogP contribution in [0.5, 0.6) is 0 Å². The van der Waals surface area contributed by atoms with Gasteiger partial charge in [0.1, 0.15) is 0 Å². The minimum absolute atomic E-state index is 0.0853. The van der Waals surface area contributed by atoms with E-state index in [1.54, 1.807) is 5.57 Å². The van der Waals surface area contributed by atoms with Crippen LogP contribution < -0.4 is 0 Å². The molecule has 3 atom stereocenters. The number of fused-ring (bicyclic) bond motifs is 3.